The monoisotopic (exact) mass is 332 g/mol. The zero-order chi connectivity index (χ0) is 16.2. The number of amides is 1. The predicted molar refractivity (Wildman–Crippen MR) is 95.0 cm³/mol. The third-order valence-electron chi connectivity index (χ3n) is 5.09. The van der Waals surface area contributed by atoms with Crippen LogP contribution in [0.2, 0.25) is 0 Å². The first kappa shape index (κ1) is 16.5. The summed E-state index contributed by atoms with van der Waals surface area (Å²) in [5.74, 6) is 0.00979. The van der Waals surface area contributed by atoms with Crippen molar-refractivity contribution in [2.75, 3.05) is 19.6 Å². The van der Waals surface area contributed by atoms with Gasteiger partial charge in [-0.05, 0) is 36.9 Å². The Labute approximate surface area is 144 Å². The van der Waals surface area contributed by atoms with Gasteiger partial charge in [0.1, 0.15) is 0 Å². The fourth-order valence-electron chi connectivity index (χ4n) is 3.67. The van der Waals surface area contributed by atoms with Gasteiger partial charge in [0.05, 0.1) is 0 Å². The average Bonchev–Trinajstić information content (AvgIpc) is 3.15. The molecule has 0 bridgehead atoms. The molecular formula is C19H25ClN2O. The third-order valence-corrected chi connectivity index (χ3v) is 5.52. The third kappa shape index (κ3) is 3.61. The molecule has 0 saturated heterocycles. The van der Waals surface area contributed by atoms with E-state index in [4.69, 9.17) is 11.8 Å². The Morgan fingerprint density at radius 2 is 1.96 bits per heavy atom. The molecule has 124 valence electrons. The molecule has 1 amide bonds. The average molecular weight is 333 g/mol. The molecular weight excluding hydrogens is 308 g/mol. The number of carbonyl (C=O) groups excluding carboxylic acids is 1. The summed E-state index contributed by atoms with van der Waals surface area (Å²) in [5.41, 5.74) is 3.21. The Hall–Kier alpha value is -1.32. The van der Waals surface area contributed by atoms with Crippen molar-refractivity contribution in [1.29, 1.82) is 0 Å². The van der Waals surface area contributed by atoms with Crippen LogP contribution in [-0.4, -0.2) is 40.9 Å². The molecule has 3 nitrogen and oxygen atoms in total. The lowest BCUT2D eigenvalue weighted by Gasteiger charge is -2.32. The summed E-state index contributed by atoms with van der Waals surface area (Å²) in [7, 11) is 0. The second kappa shape index (κ2) is 7.50. The highest BCUT2D eigenvalue weighted by molar-refractivity contribution is 6.25. The molecule has 1 saturated carbocycles. The highest BCUT2D eigenvalue weighted by atomic mass is 35.5. The zero-order valence-corrected chi connectivity index (χ0v) is 14.6. The van der Waals surface area contributed by atoms with Crippen molar-refractivity contribution in [3.8, 4) is 0 Å². The second-order valence-electron chi connectivity index (χ2n) is 6.50. The van der Waals surface area contributed by atoms with Gasteiger partial charge < -0.3 is 0 Å². The first-order valence-electron chi connectivity index (χ1n) is 8.70. The van der Waals surface area contributed by atoms with E-state index < -0.39 is 0 Å². The van der Waals surface area contributed by atoms with E-state index in [1.54, 1.807) is 0 Å². The van der Waals surface area contributed by atoms with E-state index in [0.29, 0.717) is 6.54 Å². The standard InChI is InChI=1S/C19H25ClN2O/c1-2-21-13-12-17(15-8-4-3-5-9-15)18(14-21)19(23)22(20)16-10-6-7-11-16/h3-5,8-9,16H,2,6-7,10-14H2,1H3. The van der Waals surface area contributed by atoms with Crippen LogP contribution in [0.3, 0.4) is 0 Å². The summed E-state index contributed by atoms with van der Waals surface area (Å²) in [6.07, 6.45) is 5.31. The maximum Gasteiger partial charge on any atom is 0.266 e. The first-order chi connectivity index (χ1) is 11.2. The van der Waals surface area contributed by atoms with Gasteiger partial charge in [0.25, 0.3) is 5.91 Å². The van der Waals surface area contributed by atoms with E-state index in [9.17, 15) is 4.79 Å². The number of nitrogens with zero attached hydrogens (tertiary/aromatic N) is 2. The molecule has 1 aliphatic heterocycles. The fourth-order valence-corrected chi connectivity index (χ4v) is 3.97. The van der Waals surface area contributed by atoms with Gasteiger partial charge >= 0.3 is 0 Å². The Morgan fingerprint density at radius 1 is 1.26 bits per heavy atom. The summed E-state index contributed by atoms with van der Waals surface area (Å²) in [6, 6.07) is 10.5. The molecule has 1 aromatic carbocycles. The zero-order valence-electron chi connectivity index (χ0n) is 13.8. The molecule has 2 aliphatic rings. The van der Waals surface area contributed by atoms with Crippen LogP contribution < -0.4 is 0 Å². The summed E-state index contributed by atoms with van der Waals surface area (Å²) >= 11 is 6.45. The van der Waals surface area contributed by atoms with E-state index in [0.717, 1.165) is 43.5 Å². The van der Waals surface area contributed by atoms with Gasteiger partial charge in [-0.1, -0.05) is 50.1 Å². The van der Waals surface area contributed by atoms with Crippen LogP contribution in [0.15, 0.2) is 35.9 Å². The largest absolute Gasteiger partial charge is 0.299 e. The lowest BCUT2D eigenvalue weighted by Crippen LogP contribution is -2.39. The van der Waals surface area contributed by atoms with Gasteiger partial charge in [0.15, 0.2) is 0 Å². The van der Waals surface area contributed by atoms with Crippen LogP contribution >= 0.6 is 11.8 Å². The number of halogens is 1. The molecule has 0 unspecified atom stereocenters. The van der Waals surface area contributed by atoms with Crippen molar-refractivity contribution >= 4 is 23.3 Å². The van der Waals surface area contributed by atoms with Gasteiger partial charge in [-0.15, -0.1) is 0 Å². The number of carbonyl (C=O) groups is 1. The lowest BCUT2D eigenvalue weighted by molar-refractivity contribution is -0.124. The van der Waals surface area contributed by atoms with Crippen LogP contribution in [0.5, 0.6) is 0 Å². The summed E-state index contributed by atoms with van der Waals surface area (Å²) in [4.78, 5) is 15.4. The van der Waals surface area contributed by atoms with E-state index in [-0.39, 0.29) is 11.9 Å². The molecule has 0 atom stereocenters. The molecule has 0 N–H and O–H groups in total. The SMILES string of the molecule is CCN1CCC(c2ccccc2)=C(C(=O)N(Cl)C2CCCC2)C1. The van der Waals surface area contributed by atoms with Crippen LogP contribution in [-0.2, 0) is 4.79 Å². The van der Waals surface area contributed by atoms with Crippen LogP contribution in [0.25, 0.3) is 5.57 Å². The molecule has 4 heteroatoms. The molecule has 1 aliphatic carbocycles. The smallest absolute Gasteiger partial charge is 0.266 e. The normalized spacial score (nSPS) is 20.1. The van der Waals surface area contributed by atoms with Crippen LogP contribution in [0, 0.1) is 0 Å². The quantitative estimate of drug-likeness (QED) is 0.775. The Kier molecular flexibility index (Phi) is 5.39. The van der Waals surface area contributed by atoms with Crippen molar-refractivity contribution in [1.82, 2.24) is 9.32 Å². The van der Waals surface area contributed by atoms with E-state index in [2.05, 4.69) is 24.0 Å². The van der Waals surface area contributed by atoms with E-state index in [1.165, 1.54) is 22.8 Å². The minimum atomic E-state index is 0.00979. The van der Waals surface area contributed by atoms with Gasteiger partial charge in [0, 0.05) is 36.5 Å². The van der Waals surface area contributed by atoms with Crippen molar-refractivity contribution in [3.63, 3.8) is 0 Å². The number of hydrogen-bond donors (Lipinski definition) is 0. The molecule has 0 spiro atoms. The molecule has 0 radical (unpaired) electrons. The second-order valence-corrected chi connectivity index (χ2v) is 6.86. The molecule has 1 heterocycles. The van der Waals surface area contributed by atoms with Gasteiger partial charge in [0.2, 0.25) is 0 Å². The van der Waals surface area contributed by atoms with Crippen molar-refractivity contribution < 1.29 is 4.79 Å². The minimum absolute atomic E-state index is 0.00979. The number of hydrogen-bond acceptors (Lipinski definition) is 2. The molecule has 3 rings (SSSR count). The lowest BCUT2D eigenvalue weighted by atomic mass is 9.92. The topological polar surface area (TPSA) is 23.6 Å². The fraction of sp³-hybridized carbons (Fsp3) is 0.526. The van der Waals surface area contributed by atoms with Gasteiger partial charge in [-0.3, -0.25) is 9.69 Å². The summed E-state index contributed by atoms with van der Waals surface area (Å²) in [6.45, 7) is 4.81. The van der Waals surface area contributed by atoms with Crippen molar-refractivity contribution in [2.24, 2.45) is 0 Å². The highest BCUT2D eigenvalue weighted by Gasteiger charge is 2.31. The number of likely N-dealkylation sites (N-methyl/N-ethyl adjacent to an activating group) is 1. The molecule has 23 heavy (non-hydrogen) atoms. The first-order valence-corrected chi connectivity index (χ1v) is 9.03. The van der Waals surface area contributed by atoms with Crippen molar-refractivity contribution in [2.45, 2.75) is 45.1 Å². The highest BCUT2D eigenvalue weighted by Crippen LogP contribution is 2.32. The number of benzene rings is 1. The molecule has 1 fully saturated rings. The Balaban J connectivity index is 1.91. The summed E-state index contributed by atoms with van der Waals surface area (Å²) < 4.78 is 1.49. The van der Waals surface area contributed by atoms with Gasteiger partial charge in [-0.25, -0.2) is 4.42 Å². The van der Waals surface area contributed by atoms with Crippen molar-refractivity contribution in [3.05, 3.63) is 41.5 Å². The predicted octanol–water partition coefficient (Wildman–Crippen LogP) is 4.09. The van der Waals surface area contributed by atoms with E-state index >= 15 is 0 Å². The molecule has 1 aromatic rings. The van der Waals surface area contributed by atoms with Crippen LogP contribution in [0.1, 0.15) is 44.6 Å². The van der Waals surface area contributed by atoms with Gasteiger partial charge in [-0.2, -0.15) is 0 Å². The maximum atomic E-state index is 13.0. The van der Waals surface area contributed by atoms with Crippen LogP contribution in [0.4, 0.5) is 0 Å². The van der Waals surface area contributed by atoms with E-state index in [1.807, 2.05) is 18.2 Å². The summed E-state index contributed by atoms with van der Waals surface area (Å²) in [5, 5.41) is 0. The number of rotatable bonds is 4. The maximum absolute atomic E-state index is 13.0. The molecule has 0 aromatic heterocycles. The minimum Gasteiger partial charge on any atom is -0.299 e. The Bertz CT molecular complexity index is 578. The Morgan fingerprint density at radius 3 is 2.61 bits per heavy atom.